The van der Waals surface area contributed by atoms with Crippen LogP contribution in [0.1, 0.15) is 22.5 Å². The van der Waals surface area contributed by atoms with E-state index in [4.69, 9.17) is 9.47 Å². The first-order valence-corrected chi connectivity index (χ1v) is 9.07. The van der Waals surface area contributed by atoms with E-state index in [0.717, 1.165) is 17.8 Å². The van der Waals surface area contributed by atoms with Gasteiger partial charge in [-0.15, -0.1) is 0 Å². The summed E-state index contributed by atoms with van der Waals surface area (Å²) in [4.78, 5) is 23.0. The maximum atomic E-state index is 13.0. The molecular formula is C20H21N5O3. The zero-order valence-electron chi connectivity index (χ0n) is 15.8. The van der Waals surface area contributed by atoms with E-state index in [1.165, 1.54) is 13.3 Å². The monoisotopic (exact) mass is 379 g/mol. The summed E-state index contributed by atoms with van der Waals surface area (Å²) in [5, 5.41) is 4.39. The predicted octanol–water partition coefficient (Wildman–Crippen LogP) is 2.27. The summed E-state index contributed by atoms with van der Waals surface area (Å²) >= 11 is 0. The van der Waals surface area contributed by atoms with E-state index in [2.05, 4.69) is 15.1 Å². The number of methoxy groups -OCH3 is 1. The van der Waals surface area contributed by atoms with Gasteiger partial charge in [-0.25, -0.2) is 4.68 Å². The van der Waals surface area contributed by atoms with Crippen molar-refractivity contribution >= 4 is 5.91 Å². The van der Waals surface area contributed by atoms with Gasteiger partial charge in [0, 0.05) is 13.0 Å². The number of benzene rings is 1. The Morgan fingerprint density at radius 1 is 1.14 bits per heavy atom. The first-order chi connectivity index (χ1) is 13.7. The van der Waals surface area contributed by atoms with Gasteiger partial charge in [-0.05, 0) is 19.1 Å². The maximum absolute atomic E-state index is 13.0. The Bertz CT molecular complexity index is 973. The molecule has 0 radical (unpaired) electrons. The molecule has 2 aromatic heterocycles. The largest absolute Gasteiger partial charge is 0.480 e. The number of amides is 1. The van der Waals surface area contributed by atoms with Crippen LogP contribution in [0.25, 0.3) is 5.69 Å². The number of nitrogens with zero attached hydrogens (tertiary/aromatic N) is 5. The van der Waals surface area contributed by atoms with Crippen LogP contribution < -0.4 is 9.47 Å². The average Bonchev–Trinajstić information content (AvgIpc) is 3.35. The van der Waals surface area contributed by atoms with Crippen LogP contribution in [0.5, 0.6) is 11.8 Å². The lowest BCUT2D eigenvalue weighted by Gasteiger charge is -2.17. The third kappa shape index (κ3) is 3.53. The third-order valence-electron chi connectivity index (χ3n) is 4.76. The van der Waals surface area contributed by atoms with Crippen molar-refractivity contribution < 1.29 is 14.3 Å². The highest BCUT2D eigenvalue weighted by atomic mass is 16.5. The molecule has 1 aromatic carbocycles. The number of likely N-dealkylation sites (tertiary alicyclic amines) is 1. The van der Waals surface area contributed by atoms with E-state index in [1.807, 2.05) is 37.3 Å². The Balaban J connectivity index is 1.44. The molecule has 0 bridgehead atoms. The van der Waals surface area contributed by atoms with E-state index in [9.17, 15) is 4.79 Å². The van der Waals surface area contributed by atoms with E-state index >= 15 is 0 Å². The summed E-state index contributed by atoms with van der Waals surface area (Å²) < 4.78 is 12.7. The SMILES string of the molecule is COc1cncc(OC2CCN(C(=O)c3cnn(-c4ccccc4)c3C)C2)n1. The van der Waals surface area contributed by atoms with Gasteiger partial charge in [-0.2, -0.15) is 10.1 Å². The summed E-state index contributed by atoms with van der Waals surface area (Å²) in [7, 11) is 1.53. The fourth-order valence-corrected chi connectivity index (χ4v) is 3.29. The molecule has 1 fully saturated rings. The second kappa shape index (κ2) is 7.67. The van der Waals surface area contributed by atoms with Crippen LogP contribution in [-0.4, -0.2) is 56.9 Å². The Hall–Kier alpha value is -3.42. The van der Waals surface area contributed by atoms with Crippen molar-refractivity contribution in [2.75, 3.05) is 20.2 Å². The van der Waals surface area contributed by atoms with Gasteiger partial charge in [0.05, 0.1) is 49.2 Å². The lowest BCUT2D eigenvalue weighted by molar-refractivity contribution is 0.0770. The maximum Gasteiger partial charge on any atom is 0.257 e. The molecule has 0 spiro atoms. The summed E-state index contributed by atoms with van der Waals surface area (Å²) in [6, 6.07) is 9.77. The van der Waals surface area contributed by atoms with Gasteiger partial charge in [0.1, 0.15) is 6.10 Å². The third-order valence-corrected chi connectivity index (χ3v) is 4.76. The standard InChI is InChI=1S/C20H21N5O3/c1-14-17(10-22-25(14)15-6-4-3-5-7-15)20(26)24-9-8-16(13-24)28-19-12-21-11-18(23-19)27-2/h3-7,10-12,16H,8-9,13H2,1-2H3. The molecule has 1 aliphatic heterocycles. The van der Waals surface area contributed by atoms with Gasteiger partial charge in [0.25, 0.3) is 5.91 Å². The van der Waals surface area contributed by atoms with E-state index in [-0.39, 0.29) is 12.0 Å². The van der Waals surface area contributed by atoms with Gasteiger partial charge in [0.15, 0.2) is 0 Å². The van der Waals surface area contributed by atoms with Crippen molar-refractivity contribution in [1.82, 2.24) is 24.6 Å². The number of rotatable bonds is 5. The van der Waals surface area contributed by atoms with Crippen molar-refractivity contribution in [1.29, 1.82) is 0 Å². The zero-order valence-corrected chi connectivity index (χ0v) is 15.8. The Morgan fingerprint density at radius 2 is 1.93 bits per heavy atom. The molecular weight excluding hydrogens is 358 g/mol. The highest BCUT2D eigenvalue weighted by Crippen LogP contribution is 2.21. The topological polar surface area (TPSA) is 82.4 Å². The average molecular weight is 379 g/mol. The van der Waals surface area contributed by atoms with Crippen LogP contribution in [0.4, 0.5) is 0 Å². The minimum Gasteiger partial charge on any atom is -0.480 e. The highest BCUT2D eigenvalue weighted by molar-refractivity contribution is 5.95. The van der Waals surface area contributed by atoms with Gasteiger partial charge >= 0.3 is 0 Å². The first kappa shape index (κ1) is 18.0. The molecule has 1 atom stereocenters. The zero-order chi connectivity index (χ0) is 19.5. The minimum atomic E-state index is -0.130. The second-order valence-electron chi connectivity index (χ2n) is 6.57. The van der Waals surface area contributed by atoms with Crippen molar-refractivity contribution in [3.8, 4) is 17.4 Å². The molecule has 8 heteroatoms. The van der Waals surface area contributed by atoms with Crippen molar-refractivity contribution in [3.63, 3.8) is 0 Å². The smallest absolute Gasteiger partial charge is 0.257 e. The lowest BCUT2D eigenvalue weighted by Crippen LogP contribution is -2.31. The van der Waals surface area contributed by atoms with Crippen LogP contribution in [0.2, 0.25) is 0 Å². The van der Waals surface area contributed by atoms with E-state index in [1.54, 1.807) is 22.0 Å². The molecule has 3 aromatic rings. The Kier molecular flexibility index (Phi) is 4.92. The van der Waals surface area contributed by atoms with Gasteiger partial charge in [0.2, 0.25) is 11.8 Å². The summed E-state index contributed by atoms with van der Waals surface area (Å²) in [6.07, 6.45) is 5.30. The van der Waals surface area contributed by atoms with E-state index in [0.29, 0.717) is 30.4 Å². The number of aromatic nitrogens is 4. The molecule has 1 amide bonds. The Labute approximate surface area is 162 Å². The van der Waals surface area contributed by atoms with E-state index < -0.39 is 0 Å². The fraction of sp³-hybridized carbons (Fsp3) is 0.300. The fourth-order valence-electron chi connectivity index (χ4n) is 3.29. The molecule has 0 aliphatic carbocycles. The Morgan fingerprint density at radius 3 is 2.71 bits per heavy atom. The number of ether oxygens (including phenoxy) is 2. The lowest BCUT2D eigenvalue weighted by atomic mass is 10.2. The van der Waals surface area contributed by atoms with Crippen LogP contribution >= 0.6 is 0 Å². The van der Waals surface area contributed by atoms with Crippen molar-refractivity contribution in [2.45, 2.75) is 19.4 Å². The predicted molar refractivity (Wildman–Crippen MR) is 102 cm³/mol. The minimum absolute atomic E-state index is 0.0393. The molecule has 1 saturated heterocycles. The second-order valence-corrected chi connectivity index (χ2v) is 6.57. The summed E-state index contributed by atoms with van der Waals surface area (Å²) in [6.45, 7) is 3.02. The number of hydrogen-bond donors (Lipinski definition) is 0. The van der Waals surface area contributed by atoms with Crippen LogP contribution in [0, 0.1) is 6.92 Å². The summed E-state index contributed by atoms with van der Waals surface area (Å²) in [5.74, 6) is 0.751. The number of carbonyl (C=O) groups is 1. The molecule has 144 valence electrons. The number of para-hydroxylation sites is 1. The molecule has 0 N–H and O–H groups in total. The van der Waals surface area contributed by atoms with Gasteiger partial charge in [-0.1, -0.05) is 18.2 Å². The van der Waals surface area contributed by atoms with Gasteiger partial charge < -0.3 is 14.4 Å². The molecule has 3 heterocycles. The van der Waals surface area contributed by atoms with Crippen LogP contribution in [0.15, 0.2) is 48.9 Å². The van der Waals surface area contributed by atoms with Crippen molar-refractivity contribution in [2.24, 2.45) is 0 Å². The molecule has 4 rings (SSSR count). The van der Waals surface area contributed by atoms with Crippen molar-refractivity contribution in [3.05, 3.63) is 60.2 Å². The quantitative estimate of drug-likeness (QED) is 0.676. The van der Waals surface area contributed by atoms with Crippen LogP contribution in [0.3, 0.4) is 0 Å². The number of carbonyl (C=O) groups excluding carboxylic acids is 1. The summed E-state index contributed by atoms with van der Waals surface area (Å²) in [5.41, 5.74) is 2.35. The first-order valence-electron chi connectivity index (χ1n) is 9.07. The molecule has 1 aliphatic rings. The highest BCUT2D eigenvalue weighted by Gasteiger charge is 2.30. The van der Waals surface area contributed by atoms with Gasteiger partial charge in [-0.3, -0.25) is 9.78 Å². The molecule has 0 saturated carbocycles. The molecule has 28 heavy (non-hydrogen) atoms. The van der Waals surface area contributed by atoms with Crippen LogP contribution in [-0.2, 0) is 0 Å². The molecule has 8 nitrogen and oxygen atoms in total. The molecule has 1 unspecified atom stereocenters. The number of hydrogen-bond acceptors (Lipinski definition) is 6. The normalized spacial score (nSPS) is 16.2.